The fourth-order valence-electron chi connectivity index (χ4n) is 4.48. The first-order chi connectivity index (χ1) is 13.2. The van der Waals surface area contributed by atoms with Crippen molar-refractivity contribution in [1.82, 2.24) is 4.31 Å². The predicted octanol–water partition coefficient (Wildman–Crippen LogP) is 1.02. The lowest BCUT2D eigenvalue weighted by Crippen LogP contribution is -2.37. The third kappa shape index (κ3) is 3.31. The summed E-state index contributed by atoms with van der Waals surface area (Å²) in [4.78, 5) is 14.2. The lowest BCUT2D eigenvalue weighted by molar-refractivity contribution is -0.117. The Labute approximate surface area is 165 Å². The van der Waals surface area contributed by atoms with E-state index in [9.17, 15) is 21.6 Å². The first-order valence-corrected chi connectivity index (χ1v) is 12.7. The maximum atomic E-state index is 13.1. The lowest BCUT2D eigenvalue weighted by Gasteiger charge is -2.28. The van der Waals surface area contributed by atoms with Crippen LogP contribution in [0.15, 0.2) is 23.1 Å². The number of hydrogen-bond donors (Lipinski definition) is 0. The average Bonchev–Trinajstić information content (AvgIpc) is 3.11. The summed E-state index contributed by atoms with van der Waals surface area (Å²) in [5.41, 5.74) is 0.329. The molecule has 3 aliphatic heterocycles. The highest BCUT2D eigenvalue weighted by Gasteiger charge is 2.50. The summed E-state index contributed by atoms with van der Waals surface area (Å²) in [6.07, 6.45) is 2.82. The van der Waals surface area contributed by atoms with Gasteiger partial charge < -0.3 is 9.64 Å². The normalized spacial score (nSPS) is 27.8. The lowest BCUT2D eigenvalue weighted by atomic mass is 10.0. The Bertz CT molecular complexity index is 999. The second-order valence-electron chi connectivity index (χ2n) is 7.67. The molecule has 10 heteroatoms. The maximum Gasteiger partial charge on any atom is 0.243 e. The van der Waals surface area contributed by atoms with Gasteiger partial charge in [-0.25, -0.2) is 16.8 Å². The Hall–Kier alpha value is -1.65. The molecule has 2 atom stereocenters. The number of piperidine rings is 1. The maximum absolute atomic E-state index is 13.1. The predicted molar refractivity (Wildman–Crippen MR) is 104 cm³/mol. The van der Waals surface area contributed by atoms with Gasteiger partial charge in [-0.2, -0.15) is 4.31 Å². The third-order valence-corrected chi connectivity index (χ3v) is 9.52. The minimum atomic E-state index is -3.68. The van der Waals surface area contributed by atoms with E-state index < -0.39 is 25.9 Å². The molecule has 0 aliphatic carbocycles. The van der Waals surface area contributed by atoms with E-state index in [0.717, 1.165) is 19.3 Å². The molecule has 0 N–H and O–H groups in total. The summed E-state index contributed by atoms with van der Waals surface area (Å²) < 4.78 is 57.0. The Morgan fingerprint density at radius 1 is 1.11 bits per heavy atom. The summed E-state index contributed by atoms with van der Waals surface area (Å²) in [6, 6.07) is 4.00. The van der Waals surface area contributed by atoms with Gasteiger partial charge in [-0.15, -0.1) is 0 Å². The quantitative estimate of drug-likeness (QED) is 0.710. The van der Waals surface area contributed by atoms with Gasteiger partial charge in [0, 0.05) is 25.4 Å². The molecule has 0 saturated carbocycles. The van der Waals surface area contributed by atoms with Crippen LogP contribution >= 0.6 is 0 Å². The highest BCUT2D eigenvalue weighted by Crippen LogP contribution is 2.42. The second kappa shape index (κ2) is 7.00. The number of sulfonamides is 1. The molecule has 3 heterocycles. The fourth-order valence-corrected chi connectivity index (χ4v) is 8.08. The molecule has 3 saturated heterocycles. The van der Waals surface area contributed by atoms with Gasteiger partial charge in [0.1, 0.15) is 5.75 Å². The van der Waals surface area contributed by atoms with Crippen LogP contribution in [-0.4, -0.2) is 64.8 Å². The van der Waals surface area contributed by atoms with Crippen LogP contribution in [0.5, 0.6) is 5.75 Å². The molecule has 1 aromatic rings. The Balaban J connectivity index is 1.75. The highest BCUT2D eigenvalue weighted by molar-refractivity contribution is 7.91. The van der Waals surface area contributed by atoms with Crippen molar-refractivity contribution in [3.8, 4) is 5.75 Å². The Morgan fingerprint density at radius 2 is 1.82 bits per heavy atom. The van der Waals surface area contributed by atoms with Crippen molar-refractivity contribution in [3.63, 3.8) is 0 Å². The second-order valence-corrected chi connectivity index (χ2v) is 11.8. The van der Waals surface area contributed by atoms with E-state index >= 15 is 0 Å². The van der Waals surface area contributed by atoms with Crippen molar-refractivity contribution in [1.29, 1.82) is 0 Å². The molecule has 0 aromatic heterocycles. The van der Waals surface area contributed by atoms with Crippen LogP contribution in [0.3, 0.4) is 0 Å². The van der Waals surface area contributed by atoms with Crippen molar-refractivity contribution in [2.75, 3.05) is 36.6 Å². The van der Waals surface area contributed by atoms with Gasteiger partial charge in [-0.05, 0) is 31.0 Å². The van der Waals surface area contributed by atoms with Gasteiger partial charge in [-0.1, -0.05) is 6.42 Å². The summed E-state index contributed by atoms with van der Waals surface area (Å²) in [5, 5.41) is 0. The van der Waals surface area contributed by atoms with Gasteiger partial charge >= 0.3 is 0 Å². The number of rotatable bonds is 4. The topological polar surface area (TPSA) is 101 Å². The minimum absolute atomic E-state index is 0.00596. The largest absolute Gasteiger partial charge is 0.495 e. The van der Waals surface area contributed by atoms with Gasteiger partial charge in [0.05, 0.1) is 35.2 Å². The first-order valence-electron chi connectivity index (χ1n) is 9.43. The third-order valence-electron chi connectivity index (χ3n) is 5.84. The number of fused-ring (bicyclic) bond motifs is 1. The number of ether oxygens (including phenoxy) is 1. The number of nitrogens with zero attached hydrogens (tertiary/aromatic N) is 2. The molecule has 1 amide bonds. The summed E-state index contributed by atoms with van der Waals surface area (Å²) in [6.45, 7) is 0.963. The smallest absolute Gasteiger partial charge is 0.243 e. The number of carbonyl (C=O) groups is 1. The molecule has 0 radical (unpaired) electrons. The Morgan fingerprint density at radius 3 is 2.50 bits per heavy atom. The van der Waals surface area contributed by atoms with Crippen LogP contribution in [0, 0.1) is 5.92 Å². The van der Waals surface area contributed by atoms with Crippen LogP contribution in [0.1, 0.15) is 25.7 Å². The van der Waals surface area contributed by atoms with Crippen LogP contribution < -0.4 is 9.64 Å². The molecule has 3 aliphatic rings. The number of benzene rings is 1. The molecular weight excluding hydrogens is 404 g/mol. The SMILES string of the molecule is COc1ccc(S(=O)(=O)N2CCCCC2)cc1N1C(=O)C[C@@H]2CS(=O)(=O)C[C@@H]21. The fraction of sp³-hybridized carbons (Fsp3) is 0.611. The van der Waals surface area contributed by atoms with E-state index in [-0.39, 0.29) is 34.6 Å². The van der Waals surface area contributed by atoms with Gasteiger partial charge in [0.2, 0.25) is 15.9 Å². The Kier molecular flexibility index (Phi) is 4.91. The average molecular weight is 429 g/mol. The number of methoxy groups -OCH3 is 1. The number of sulfone groups is 1. The van der Waals surface area contributed by atoms with E-state index in [1.165, 1.54) is 34.5 Å². The van der Waals surface area contributed by atoms with Crippen LogP contribution in [0.2, 0.25) is 0 Å². The van der Waals surface area contributed by atoms with E-state index in [0.29, 0.717) is 24.5 Å². The molecule has 0 unspecified atom stereocenters. The zero-order valence-corrected chi connectivity index (χ0v) is 17.3. The van der Waals surface area contributed by atoms with E-state index in [1.807, 2.05) is 0 Å². The van der Waals surface area contributed by atoms with E-state index in [2.05, 4.69) is 0 Å². The standard InChI is InChI=1S/C18H24N2O6S2/c1-26-17-6-5-14(28(24,25)19-7-3-2-4-8-19)10-15(17)20-16-12-27(22,23)11-13(16)9-18(20)21/h5-6,10,13,16H,2-4,7-9,11-12H2,1H3/t13-,16+/m1/s1. The van der Waals surface area contributed by atoms with Crippen LogP contribution in [0.25, 0.3) is 0 Å². The van der Waals surface area contributed by atoms with Crippen molar-refractivity contribution < 1.29 is 26.4 Å². The number of hydrogen-bond acceptors (Lipinski definition) is 6. The molecule has 0 bridgehead atoms. The highest BCUT2D eigenvalue weighted by atomic mass is 32.2. The number of carbonyl (C=O) groups excluding carboxylic acids is 1. The summed E-state index contributed by atoms with van der Waals surface area (Å²) >= 11 is 0. The molecule has 0 spiro atoms. The van der Waals surface area contributed by atoms with Gasteiger partial charge in [0.15, 0.2) is 9.84 Å². The first kappa shape index (κ1) is 19.7. The van der Waals surface area contributed by atoms with E-state index in [4.69, 9.17) is 4.74 Å². The minimum Gasteiger partial charge on any atom is -0.495 e. The number of anilines is 1. The zero-order valence-electron chi connectivity index (χ0n) is 15.7. The number of amides is 1. The molecule has 28 heavy (non-hydrogen) atoms. The van der Waals surface area contributed by atoms with Crippen LogP contribution in [0.4, 0.5) is 5.69 Å². The van der Waals surface area contributed by atoms with Crippen molar-refractivity contribution in [2.24, 2.45) is 5.92 Å². The zero-order chi connectivity index (χ0) is 20.1. The van der Waals surface area contributed by atoms with Gasteiger partial charge in [0.25, 0.3) is 0 Å². The molecule has 4 rings (SSSR count). The van der Waals surface area contributed by atoms with E-state index in [1.54, 1.807) is 0 Å². The monoisotopic (exact) mass is 428 g/mol. The van der Waals surface area contributed by atoms with Crippen LogP contribution in [-0.2, 0) is 24.7 Å². The van der Waals surface area contributed by atoms with Gasteiger partial charge in [-0.3, -0.25) is 4.79 Å². The molecular formula is C18H24N2O6S2. The van der Waals surface area contributed by atoms with Crippen molar-refractivity contribution in [3.05, 3.63) is 18.2 Å². The van der Waals surface area contributed by atoms with Crippen molar-refractivity contribution in [2.45, 2.75) is 36.6 Å². The summed E-state index contributed by atoms with van der Waals surface area (Å²) in [7, 11) is -5.44. The molecule has 3 fully saturated rings. The molecule has 8 nitrogen and oxygen atoms in total. The summed E-state index contributed by atoms with van der Waals surface area (Å²) in [5.74, 6) is -0.208. The molecule has 154 valence electrons. The molecule has 1 aromatic carbocycles. The van der Waals surface area contributed by atoms with Crippen molar-refractivity contribution >= 4 is 31.5 Å².